The third-order valence-electron chi connectivity index (χ3n) is 3.28. The standard InChI is InChI=1S/C16H16ClN3OS/c1-2-4-14-19-15(21-20-14)10-22-9-12-13(17)7-6-11-5-3-8-18-16(11)12/h3,5-8H,2,4,9-10H2,1H3. The molecule has 4 nitrogen and oxygen atoms in total. The van der Waals surface area contributed by atoms with Crippen molar-refractivity contribution in [1.82, 2.24) is 15.1 Å². The molecule has 0 saturated heterocycles. The van der Waals surface area contributed by atoms with Crippen molar-refractivity contribution in [2.45, 2.75) is 31.3 Å². The minimum atomic E-state index is 0.665. The molecule has 0 aliphatic heterocycles. The number of rotatable bonds is 6. The van der Waals surface area contributed by atoms with E-state index in [4.69, 9.17) is 16.1 Å². The first-order chi connectivity index (χ1) is 10.8. The van der Waals surface area contributed by atoms with Crippen molar-refractivity contribution in [3.63, 3.8) is 0 Å². The highest BCUT2D eigenvalue weighted by atomic mass is 35.5. The smallest absolute Gasteiger partial charge is 0.236 e. The molecule has 3 rings (SSSR count). The number of aryl methyl sites for hydroxylation is 1. The van der Waals surface area contributed by atoms with Gasteiger partial charge in [0.05, 0.1) is 11.3 Å². The van der Waals surface area contributed by atoms with E-state index in [0.29, 0.717) is 11.6 Å². The van der Waals surface area contributed by atoms with Gasteiger partial charge in [0.2, 0.25) is 5.89 Å². The Hall–Kier alpha value is -1.59. The van der Waals surface area contributed by atoms with Gasteiger partial charge in [-0.05, 0) is 18.6 Å². The van der Waals surface area contributed by atoms with Crippen LogP contribution in [0.1, 0.15) is 30.6 Å². The molecule has 0 fully saturated rings. The zero-order chi connectivity index (χ0) is 15.4. The first-order valence-corrected chi connectivity index (χ1v) is 8.72. The van der Waals surface area contributed by atoms with Crippen LogP contribution >= 0.6 is 23.4 Å². The third kappa shape index (κ3) is 3.42. The molecule has 6 heteroatoms. The Bertz CT molecular complexity index is 775. The molecule has 0 aliphatic carbocycles. The fourth-order valence-electron chi connectivity index (χ4n) is 2.23. The average molecular weight is 334 g/mol. The fraction of sp³-hybridized carbons (Fsp3) is 0.312. The molecule has 0 atom stereocenters. The fourth-order valence-corrected chi connectivity index (χ4v) is 3.42. The van der Waals surface area contributed by atoms with Crippen LogP contribution in [0.4, 0.5) is 0 Å². The van der Waals surface area contributed by atoms with Crippen LogP contribution in [0.2, 0.25) is 5.02 Å². The number of hydrogen-bond acceptors (Lipinski definition) is 5. The van der Waals surface area contributed by atoms with Gasteiger partial charge in [-0.3, -0.25) is 4.98 Å². The second-order valence-corrected chi connectivity index (χ2v) is 6.34. The lowest BCUT2D eigenvalue weighted by Crippen LogP contribution is -1.90. The largest absolute Gasteiger partial charge is 0.338 e. The number of thioether (sulfide) groups is 1. The van der Waals surface area contributed by atoms with Crippen molar-refractivity contribution in [3.05, 3.63) is 52.8 Å². The van der Waals surface area contributed by atoms with Gasteiger partial charge in [-0.1, -0.05) is 35.8 Å². The highest BCUT2D eigenvalue weighted by molar-refractivity contribution is 7.97. The summed E-state index contributed by atoms with van der Waals surface area (Å²) in [6, 6.07) is 7.89. The quantitative estimate of drug-likeness (QED) is 0.656. The van der Waals surface area contributed by atoms with Gasteiger partial charge in [0.25, 0.3) is 0 Å². The molecular weight excluding hydrogens is 318 g/mol. The normalized spacial score (nSPS) is 11.2. The molecule has 0 amide bonds. The Balaban J connectivity index is 1.69. The summed E-state index contributed by atoms with van der Waals surface area (Å²) in [5.41, 5.74) is 2.01. The Morgan fingerprint density at radius 3 is 3.00 bits per heavy atom. The summed E-state index contributed by atoms with van der Waals surface area (Å²) in [7, 11) is 0. The van der Waals surface area contributed by atoms with Crippen LogP contribution in [-0.2, 0) is 17.9 Å². The van der Waals surface area contributed by atoms with Crippen LogP contribution < -0.4 is 0 Å². The monoisotopic (exact) mass is 333 g/mol. The number of pyridine rings is 1. The molecule has 2 aromatic heterocycles. The van der Waals surface area contributed by atoms with E-state index in [2.05, 4.69) is 22.0 Å². The Morgan fingerprint density at radius 1 is 1.23 bits per heavy atom. The lowest BCUT2D eigenvalue weighted by Gasteiger charge is -2.07. The van der Waals surface area contributed by atoms with E-state index < -0.39 is 0 Å². The summed E-state index contributed by atoms with van der Waals surface area (Å²) < 4.78 is 5.24. The number of halogens is 1. The predicted molar refractivity (Wildman–Crippen MR) is 90.0 cm³/mol. The molecule has 0 bridgehead atoms. The van der Waals surface area contributed by atoms with Crippen molar-refractivity contribution < 1.29 is 4.52 Å². The first kappa shape index (κ1) is 15.3. The summed E-state index contributed by atoms with van der Waals surface area (Å²) in [6.07, 6.45) is 3.67. The van der Waals surface area contributed by atoms with Crippen molar-refractivity contribution in [1.29, 1.82) is 0 Å². The van der Waals surface area contributed by atoms with Crippen molar-refractivity contribution in [3.8, 4) is 0 Å². The van der Waals surface area contributed by atoms with Crippen LogP contribution in [-0.4, -0.2) is 15.1 Å². The summed E-state index contributed by atoms with van der Waals surface area (Å²) in [5.74, 6) is 2.88. The minimum absolute atomic E-state index is 0.665. The highest BCUT2D eigenvalue weighted by Gasteiger charge is 2.10. The lowest BCUT2D eigenvalue weighted by atomic mass is 10.1. The summed E-state index contributed by atoms with van der Waals surface area (Å²) in [4.78, 5) is 8.82. The van der Waals surface area contributed by atoms with E-state index in [1.165, 1.54) is 0 Å². The molecular formula is C16H16ClN3OS. The average Bonchev–Trinajstić information content (AvgIpc) is 2.97. The third-order valence-corrected chi connectivity index (χ3v) is 4.58. The maximum absolute atomic E-state index is 6.33. The van der Waals surface area contributed by atoms with Crippen molar-refractivity contribution in [2.75, 3.05) is 0 Å². The number of aromatic nitrogens is 3. The minimum Gasteiger partial charge on any atom is -0.338 e. The second kappa shape index (κ2) is 7.11. The summed E-state index contributed by atoms with van der Waals surface area (Å²) >= 11 is 8.02. The molecule has 3 aromatic rings. The van der Waals surface area contributed by atoms with Gasteiger partial charge in [0.1, 0.15) is 0 Å². The Morgan fingerprint density at radius 2 is 2.14 bits per heavy atom. The summed E-state index contributed by atoms with van der Waals surface area (Å²) in [5, 5.41) is 5.81. The number of benzene rings is 1. The molecule has 0 N–H and O–H groups in total. The topological polar surface area (TPSA) is 51.8 Å². The van der Waals surface area contributed by atoms with E-state index in [0.717, 1.165) is 45.9 Å². The van der Waals surface area contributed by atoms with Gasteiger partial charge >= 0.3 is 0 Å². The van der Waals surface area contributed by atoms with E-state index in [1.54, 1.807) is 18.0 Å². The highest BCUT2D eigenvalue weighted by Crippen LogP contribution is 2.29. The second-order valence-electron chi connectivity index (χ2n) is 4.95. The van der Waals surface area contributed by atoms with Crippen LogP contribution in [0.25, 0.3) is 10.9 Å². The lowest BCUT2D eigenvalue weighted by molar-refractivity contribution is 0.384. The zero-order valence-corrected chi connectivity index (χ0v) is 13.8. The van der Waals surface area contributed by atoms with Gasteiger partial charge in [0, 0.05) is 34.3 Å². The molecule has 0 spiro atoms. The van der Waals surface area contributed by atoms with E-state index >= 15 is 0 Å². The molecule has 0 radical (unpaired) electrons. The van der Waals surface area contributed by atoms with E-state index in [-0.39, 0.29) is 0 Å². The Kier molecular flexibility index (Phi) is 4.95. The Labute approximate surface area is 138 Å². The van der Waals surface area contributed by atoms with Crippen molar-refractivity contribution >= 4 is 34.3 Å². The molecule has 1 aromatic carbocycles. The molecule has 0 unspecified atom stereocenters. The van der Waals surface area contributed by atoms with Crippen molar-refractivity contribution in [2.24, 2.45) is 0 Å². The molecule has 114 valence electrons. The summed E-state index contributed by atoms with van der Waals surface area (Å²) in [6.45, 7) is 2.10. The maximum atomic E-state index is 6.33. The van der Waals surface area contributed by atoms with Gasteiger partial charge in [0.15, 0.2) is 5.82 Å². The molecule has 2 heterocycles. The van der Waals surface area contributed by atoms with E-state index in [9.17, 15) is 0 Å². The molecule has 22 heavy (non-hydrogen) atoms. The van der Waals surface area contributed by atoms with Crippen LogP contribution in [0.3, 0.4) is 0 Å². The number of fused-ring (bicyclic) bond motifs is 1. The SMILES string of the molecule is CCCc1noc(CSCc2c(Cl)ccc3cccnc23)n1. The van der Waals surface area contributed by atoms with Crippen LogP contribution in [0.5, 0.6) is 0 Å². The predicted octanol–water partition coefficient (Wildman–Crippen LogP) is 4.66. The van der Waals surface area contributed by atoms with Gasteiger partial charge in [-0.25, -0.2) is 0 Å². The molecule has 0 aliphatic rings. The van der Waals surface area contributed by atoms with Gasteiger partial charge < -0.3 is 4.52 Å². The maximum Gasteiger partial charge on any atom is 0.236 e. The number of hydrogen-bond donors (Lipinski definition) is 0. The van der Waals surface area contributed by atoms with Gasteiger partial charge in [-0.15, -0.1) is 11.8 Å². The zero-order valence-electron chi connectivity index (χ0n) is 12.3. The van der Waals surface area contributed by atoms with Crippen LogP contribution in [0.15, 0.2) is 35.0 Å². The van der Waals surface area contributed by atoms with Gasteiger partial charge in [-0.2, -0.15) is 4.98 Å². The van der Waals surface area contributed by atoms with E-state index in [1.807, 2.05) is 24.3 Å². The number of nitrogens with zero attached hydrogens (tertiary/aromatic N) is 3. The van der Waals surface area contributed by atoms with Crippen LogP contribution in [0, 0.1) is 0 Å². The first-order valence-electron chi connectivity index (χ1n) is 7.19. The molecule has 0 saturated carbocycles.